The van der Waals surface area contributed by atoms with Crippen molar-refractivity contribution in [3.8, 4) is 11.1 Å². The van der Waals surface area contributed by atoms with E-state index in [9.17, 15) is 28.8 Å². The number of likely N-dealkylation sites (tertiary alicyclic amines) is 2. The van der Waals surface area contributed by atoms with Crippen molar-refractivity contribution in [1.82, 2.24) is 52.3 Å². The molecule has 2 saturated heterocycles. The van der Waals surface area contributed by atoms with Crippen molar-refractivity contribution >= 4 is 47.3 Å². The van der Waals surface area contributed by atoms with Crippen molar-refractivity contribution in [2.45, 2.75) is 151 Å². The van der Waals surface area contributed by atoms with E-state index in [2.05, 4.69) is 42.5 Å². The molecule has 2 heterocycles. The van der Waals surface area contributed by atoms with E-state index < -0.39 is 60.4 Å². The topological polar surface area (TPSA) is 239 Å². The highest BCUT2D eigenvalue weighted by Crippen LogP contribution is 2.34. The molecule has 0 aromatic heterocycles. The van der Waals surface area contributed by atoms with E-state index >= 15 is 9.59 Å². The van der Waals surface area contributed by atoms with E-state index in [0.717, 1.165) is 97.6 Å². The molecule has 2 aliphatic heterocycles. The zero-order chi connectivity index (χ0) is 64.7. The van der Waals surface area contributed by atoms with E-state index in [0.29, 0.717) is 11.1 Å². The fourth-order valence-corrected chi connectivity index (χ4v) is 13.7. The average Bonchev–Trinajstić information content (AvgIpc) is 1.65. The number of carbonyl (C=O) groups excluding carboxylic acids is 8. The largest absolute Gasteiger partial charge is 0.347 e. The third kappa shape index (κ3) is 16.2. The fourth-order valence-electron chi connectivity index (χ4n) is 13.7. The van der Waals surface area contributed by atoms with Gasteiger partial charge in [-0.15, -0.1) is 0 Å². The molecular weight excluding hydrogens is 1160 g/mol. The van der Waals surface area contributed by atoms with Crippen molar-refractivity contribution in [1.29, 1.82) is 0 Å². The van der Waals surface area contributed by atoms with Crippen LogP contribution in [0.25, 0.3) is 11.1 Å². The molecule has 6 aromatic carbocycles. The average molecular weight is 1250 g/mol. The van der Waals surface area contributed by atoms with Gasteiger partial charge in [-0.05, 0) is 136 Å². The van der Waals surface area contributed by atoms with Crippen LogP contribution in [0.4, 0.5) is 0 Å². The Hall–Kier alpha value is -9.00. The first-order chi connectivity index (χ1) is 44.7. The van der Waals surface area contributed by atoms with Crippen LogP contribution in [0.5, 0.6) is 0 Å². The number of carbonyl (C=O) groups is 8. The predicted molar refractivity (Wildman–Crippen MR) is 354 cm³/mol. The Labute approximate surface area is 540 Å². The maximum Gasteiger partial charge on any atom is 0.251 e. The first-order valence-electron chi connectivity index (χ1n) is 32.9. The smallest absolute Gasteiger partial charge is 0.251 e. The van der Waals surface area contributed by atoms with Crippen molar-refractivity contribution < 1.29 is 38.4 Å². The highest BCUT2D eigenvalue weighted by Gasteiger charge is 2.47. The van der Waals surface area contributed by atoms with Crippen molar-refractivity contribution in [2.24, 2.45) is 11.8 Å². The standard InChI is InChI=1S/C74H88N10O8/c1-47(75-3)67(85)81-65(55-31-19-9-20-32-55)73(91)83-45-59(43-61(83)71(89)79-63(51-23-11-5-12-24-51)52-25-13-6-14-26-52)77-69(87)57-39-35-49(36-40-57)50-37-41-58(42-38-50)70(88)78-60-44-62(72(90)80-64(53-27-15-7-16-28-53)54-29-17-8-18-30-54)84(46-60)74(92)66(56-33-21-10-22-34-56)82-68(86)48(2)76-4/h5-8,11-18,23-30,35-42,47-48,55-56,59-66,75-76H,9-10,19-22,31-34,43-46H2,1-4H3,(H,77,87)(H,78,88)(H,79,89)(H,80,90)(H,81,85)(H,82,86)/t47-,48-,59-,60-,61-,62-,65-,66-/m0/s1. The van der Waals surface area contributed by atoms with Gasteiger partial charge in [0.05, 0.1) is 24.2 Å². The molecule has 6 aromatic rings. The van der Waals surface area contributed by atoms with Crippen LogP contribution in [0.15, 0.2) is 170 Å². The third-order valence-electron chi connectivity index (χ3n) is 19.2. The molecule has 92 heavy (non-hydrogen) atoms. The maximum atomic E-state index is 15.1. The SMILES string of the molecule is CN[C@@H](C)C(=O)N[C@H](C(=O)N1C[C@@H](NC(=O)c2ccc(-c3ccc(C(=O)N[C@H]4C[C@@H](C(=O)NC(c5ccccc5)c5ccccc5)N(C(=O)[C@@H](NC(=O)[C@H](C)NC)C5CCCCC5)C4)cc3)cc2)C[C@H]1C(=O)NC(c1ccccc1)c1ccccc1)C1CCCCC1. The van der Waals surface area contributed by atoms with Crippen molar-refractivity contribution in [3.63, 3.8) is 0 Å². The van der Waals surface area contributed by atoms with E-state index in [-0.39, 0.29) is 85.0 Å². The Morgan fingerprint density at radius 3 is 0.989 bits per heavy atom. The maximum absolute atomic E-state index is 15.1. The number of amides is 8. The van der Waals surface area contributed by atoms with Crippen molar-refractivity contribution in [3.05, 3.63) is 203 Å². The lowest BCUT2D eigenvalue weighted by atomic mass is 9.83. The van der Waals surface area contributed by atoms with Gasteiger partial charge in [-0.3, -0.25) is 38.4 Å². The molecule has 8 N–H and O–H groups in total. The fraction of sp³-hybridized carbons (Fsp3) is 0.405. The Balaban J connectivity index is 0.833. The summed E-state index contributed by atoms with van der Waals surface area (Å²) in [6.45, 7) is 3.58. The minimum Gasteiger partial charge on any atom is -0.347 e. The third-order valence-corrected chi connectivity index (χ3v) is 19.2. The molecule has 4 fully saturated rings. The minimum atomic E-state index is -0.963. The first-order valence-corrected chi connectivity index (χ1v) is 32.9. The predicted octanol–water partition coefficient (Wildman–Crippen LogP) is 7.91. The van der Waals surface area contributed by atoms with Crippen LogP contribution in [-0.2, 0) is 28.8 Å². The molecule has 8 amide bonds. The minimum absolute atomic E-state index is 0.0524. The molecule has 0 radical (unpaired) electrons. The molecule has 482 valence electrons. The lowest BCUT2D eigenvalue weighted by molar-refractivity contribution is -0.143. The molecule has 8 atom stereocenters. The lowest BCUT2D eigenvalue weighted by Gasteiger charge is -2.35. The Kier molecular flexibility index (Phi) is 22.5. The van der Waals surface area contributed by atoms with Gasteiger partial charge in [0.25, 0.3) is 11.8 Å². The Bertz CT molecular complexity index is 3170. The molecule has 2 aliphatic carbocycles. The van der Waals surface area contributed by atoms with Gasteiger partial charge in [-0.25, -0.2) is 0 Å². The number of benzene rings is 6. The first kappa shape index (κ1) is 65.9. The van der Waals surface area contributed by atoms with Crippen LogP contribution in [0.3, 0.4) is 0 Å². The highest BCUT2D eigenvalue weighted by atomic mass is 16.2. The number of nitrogens with zero attached hydrogens (tertiary/aromatic N) is 2. The second kappa shape index (κ2) is 31.4. The second-order valence-corrected chi connectivity index (χ2v) is 25.3. The van der Waals surface area contributed by atoms with E-state index in [1.165, 1.54) is 0 Å². The van der Waals surface area contributed by atoms with Crippen LogP contribution in [0.2, 0.25) is 0 Å². The summed E-state index contributed by atoms with van der Waals surface area (Å²) in [5, 5.41) is 24.9. The van der Waals surface area contributed by atoms with Gasteiger partial charge >= 0.3 is 0 Å². The Morgan fingerprint density at radius 1 is 0.391 bits per heavy atom. The van der Waals surface area contributed by atoms with Gasteiger partial charge in [0, 0.05) is 36.3 Å². The zero-order valence-electron chi connectivity index (χ0n) is 53.2. The molecule has 18 heteroatoms. The van der Waals surface area contributed by atoms with Crippen LogP contribution in [0, 0.1) is 11.8 Å². The van der Waals surface area contributed by atoms with Gasteiger partial charge in [-0.2, -0.15) is 0 Å². The number of hydrogen-bond acceptors (Lipinski definition) is 10. The lowest BCUT2D eigenvalue weighted by Crippen LogP contribution is -2.58. The monoisotopic (exact) mass is 1240 g/mol. The van der Waals surface area contributed by atoms with Gasteiger partial charge in [0.1, 0.15) is 24.2 Å². The zero-order valence-corrected chi connectivity index (χ0v) is 53.2. The second-order valence-electron chi connectivity index (χ2n) is 25.3. The summed E-state index contributed by atoms with van der Waals surface area (Å²) in [5.74, 6) is -3.07. The van der Waals surface area contributed by atoms with Crippen LogP contribution in [-0.4, -0.2) is 133 Å². The molecule has 0 spiro atoms. The highest BCUT2D eigenvalue weighted by molar-refractivity contribution is 5.98. The number of nitrogens with one attached hydrogen (secondary N) is 8. The van der Waals surface area contributed by atoms with E-state index in [4.69, 9.17) is 0 Å². The van der Waals surface area contributed by atoms with Crippen molar-refractivity contribution in [2.75, 3.05) is 27.2 Å². The van der Waals surface area contributed by atoms with E-state index in [1.807, 2.05) is 146 Å². The number of hydrogen-bond donors (Lipinski definition) is 8. The molecule has 0 bridgehead atoms. The summed E-state index contributed by atoms with van der Waals surface area (Å²) in [6.07, 6.45) is 9.12. The molecule has 4 aliphatic rings. The summed E-state index contributed by atoms with van der Waals surface area (Å²) in [6, 6.07) is 45.7. The Morgan fingerprint density at radius 2 is 0.696 bits per heavy atom. The normalized spacial score (nSPS) is 19.9. The summed E-state index contributed by atoms with van der Waals surface area (Å²) >= 11 is 0. The van der Waals surface area contributed by atoms with E-state index in [1.54, 1.807) is 62.0 Å². The van der Waals surface area contributed by atoms with Crippen LogP contribution in [0.1, 0.15) is 146 Å². The number of rotatable bonds is 23. The van der Waals surface area contributed by atoms with Gasteiger partial charge in [0.2, 0.25) is 35.4 Å². The summed E-state index contributed by atoms with van der Waals surface area (Å²) in [7, 11) is 3.38. The molecule has 0 unspecified atom stereocenters. The molecule has 18 nitrogen and oxygen atoms in total. The number of likely N-dealkylation sites (N-methyl/N-ethyl adjacent to an activating group) is 2. The van der Waals surface area contributed by atoms with Gasteiger partial charge < -0.3 is 52.3 Å². The van der Waals surface area contributed by atoms with Crippen LogP contribution >= 0.6 is 0 Å². The summed E-state index contributed by atoms with van der Waals surface area (Å²) in [5.41, 5.74) is 5.76. The molecule has 2 saturated carbocycles. The molecular formula is C74H88N10O8. The van der Waals surface area contributed by atoms with Crippen LogP contribution < -0.4 is 42.5 Å². The quantitative estimate of drug-likeness (QED) is 0.0309. The summed E-state index contributed by atoms with van der Waals surface area (Å²) in [4.78, 5) is 118. The summed E-state index contributed by atoms with van der Waals surface area (Å²) < 4.78 is 0. The molecule has 10 rings (SSSR count). The van der Waals surface area contributed by atoms with Gasteiger partial charge in [0.15, 0.2) is 0 Å². The van der Waals surface area contributed by atoms with Gasteiger partial charge in [-0.1, -0.05) is 184 Å².